The molecule has 1 aliphatic rings. The molecule has 0 aromatic heterocycles. The van der Waals surface area contributed by atoms with Gasteiger partial charge in [-0.2, -0.15) is 0 Å². The van der Waals surface area contributed by atoms with Gasteiger partial charge in [-0.15, -0.1) is 0 Å². The van der Waals surface area contributed by atoms with Gasteiger partial charge in [-0.05, 0) is 18.8 Å². The summed E-state index contributed by atoms with van der Waals surface area (Å²) in [5.74, 6) is 0.526. The monoisotopic (exact) mass is 259 g/mol. The quantitative estimate of drug-likeness (QED) is 0.780. The van der Waals surface area contributed by atoms with Crippen molar-refractivity contribution < 1.29 is 9.59 Å². The lowest BCUT2D eigenvalue weighted by Gasteiger charge is -2.24. The van der Waals surface area contributed by atoms with E-state index in [1.807, 2.05) is 44.2 Å². The van der Waals surface area contributed by atoms with E-state index < -0.39 is 0 Å². The lowest BCUT2D eigenvalue weighted by atomic mass is 10.0. The predicted octanol–water partition coefficient (Wildman–Crippen LogP) is 2.91. The zero-order chi connectivity index (χ0) is 13.8. The van der Waals surface area contributed by atoms with Crippen LogP contribution >= 0.6 is 0 Å². The molecule has 0 aliphatic carbocycles. The molecule has 0 radical (unpaired) electrons. The number of rotatable bonds is 4. The Morgan fingerprint density at radius 2 is 1.95 bits per heavy atom. The van der Waals surface area contributed by atoms with Crippen LogP contribution in [0, 0.1) is 5.92 Å². The van der Waals surface area contributed by atoms with Gasteiger partial charge in [0.05, 0.1) is 6.04 Å². The van der Waals surface area contributed by atoms with Gasteiger partial charge in [0, 0.05) is 18.5 Å². The molecule has 1 saturated heterocycles. The van der Waals surface area contributed by atoms with E-state index in [-0.39, 0.29) is 17.7 Å². The van der Waals surface area contributed by atoms with Crippen molar-refractivity contribution in [1.29, 1.82) is 0 Å². The van der Waals surface area contributed by atoms with Crippen molar-refractivity contribution >= 4 is 11.7 Å². The Bertz CT molecular complexity index is 453. The molecule has 19 heavy (non-hydrogen) atoms. The lowest BCUT2D eigenvalue weighted by molar-refractivity contribution is -0.132. The molecular weight excluding hydrogens is 238 g/mol. The summed E-state index contributed by atoms with van der Waals surface area (Å²) in [5.41, 5.74) is 0.705. The Morgan fingerprint density at radius 3 is 2.58 bits per heavy atom. The number of nitrogens with zero attached hydrogens (tertiary/aromatic N) is 1. The van der Waals surface area contributed by atoms with Crippen LogP contribution in [0.2, 0.25) is 0 Å². The smallest absolute Gasteiger partial charge is 0.223 e. The van der Waals surface area contributed by atoms with Crippen LogP contribution in [-0.4, -0.2) is 29.2 Å². The molecule has 2 rings (SSSR count). The molecule has 1 atom stereocenters. The molecule has 1 amide bonds. The molecule has 3 nitrogen and oxygen atoms in total. The third-order valence-electron chi connectivity index (χ3n) is 3.52. The van der Waals surface area contributed by atoms with Gasteiger partial charge in [0.2, 0.25) is 5.91 Å². The van der Waals surface area contributed by atoms with Crippen LogP contribution in [0.25, 0.3) is 0 Å². The maximum absolute atomic E-state index is 12.5. The van der Waals surface area contributed by atoms with Crippen molar-refractivity contribution in [3.8, 4) is 0 Å². The van der Waals surface area contributed by atoms with E-state index in [1.54, 1.807) is 4.90 Å². The molecule has 0 N–H and O–H groups in total. The summed E-state index contributed by atoms with van der Waals surface area (Å²) in [6.45, 7) is 4.78. The van der Waals surface area contributed by atoms with E-state index in [0.29, 0.717) is 17.9 Å². The zero-order valence-corrected chi connectivity index (χ0v) is 11.6. The number of amides is 1. The molecule has 0 bridgehead atoms. The van der Waals surface area contributed by atoms with Crippen molar-refractivity contribution in [2.45, 2.75) is 39.2 Å². The molecule has 1 unspecified atom stereocenters. The minimum Gasteiger partial charge on any atom is -0.332 e. The minimum absolute atomic E-state index is 0.0789. The van der Waals surface area contributed by atoms with Gasteiger partial charge >= 0.3 is 0 Å². The van der Waals surface area contributed by atoms with Crippen molar-refractivity contribution in [3.05, 3.63) is 35.9 Å². The summed E-state index contributed by atoms with van der Waals surface area (Å²) in [4.78, 5) is 26.4. The van der Waals surface area contributed by atoms with Gasteiger partial charge in [-0.1, -0.05) is 44.2 Å². The number of hydrogen-bond acceptors (Lipinski definition) is 2. The molecule has 0 spiro atoms. The number of carbonyl (C=O) groups is 2. The van der Waals surface area contributed by atoms with Crippen LogP contribution in [-0.2, 0) is 4.79 Å². The first kappa shape index (κ1) is 13.8. The average molecular weight is 259 g/mol. The molecule has 1 fully saturated rings. The molecule has 102 valence electrons. The van der Waals surface area contributed by atoms with E-state index in [9.17, 15) is 9.59 Å². The second-order valence-electron chi connectivity index (χ2n) is 5.57. The highest BCUT2D eigenvalue weighted by Crippen LogP contribution is 2.23. The number of hydrogen-bond donors (Lipinski definition) is 0. The summed E-state index contributed by atoms with van der Waals surface area (Å²) in [5, 5.41) is 0. The first-order chi connectivity index (χ1) is 9.09. The fourth-order valence-corrected chi connectivity index (χ4v) is 2.60. The van der Waals surface area contributed by atoms with Crippen molar-refractivity contribution in [1.82, 2.24) is 4.90 Å². The third-order valence-corrected chi connectivity index (χ3v) is 3.52. The van der Waals surface area contributed by atoms with Crippen LogP contribution in [0.5, 0.6) is 0 Å². The normalized spacial score (nSPS) is 18.9. The number of benzene rings is 1. The maximum Gasteiger partial charge on any atom is 0.223 e. The van der Waals surface area contributed by atoms with Crippen LogP contribution in [0.1, 0.15) is 43.5 Å². The van der Waals surface area contributed by atoms with E-state index in [0.717, 1.165) is 19.4 Å². The fraction of sp³-hybridized carbons (Fsp3) is 0.500. The largest absolute Gasteiger partial charge is 0.332 e. The van der Waals surface area contributed by atoms with Gasteiger partial charge < -0.3 is 4.90 Å². The Hall–Kier alpha value is -1.64. The summed E-state index contributed by atoms with van der Waals surface area (Å²) in [6, 6.07) is 9.02. The average Bonchev–Trinajstić information content (AvgIpc) is 2.87. The fourth-order valence-electron chi connectivity index (χ4n) is 2.60. The summed E-state index contributed by atoms with van der Waals surface area (Å²) in [6.07, 6.45) is 2.24. The SMILES string of the molecule is CC(C)CC(=O)N1CCCC1C(=O)c1ccccc1. The molecular formula is C16H21NO2. The van der Waals surface area contributed by atoms with Crippen LogP contribution in [0.15, 0.2) is 30.3 Å². The van der Waals surface area contributed by atoms with Crippen molar-refractivity contribution in [2.24, 2.45) is 5.92 Å². The van der Waals surface area contributed by atoms with Crippen molar-refractivity contribution in [3.63, 3.8) is 0 Å². The minimum atomic E-state index is -0.256. The number of carbonyl (C=O) groups excluding carboxylic acids is 2. The molecule has 1 aliphatic heterocycles. The lowest BCUT2D eigenvalue weighted by Crippen LogP contribution is -2.40. The molecule has 1 aromatic carbocycles. The topological polar surface area (TPSA) is 37.4 Å². The molecule has 3 heteroatoms. The molecule has 1 aromatic rings. The molecule has 1 heterocycles. The highest BCUT2D eigenvalue weighted by atomic mass is 16.2. The van der Waals surface area contributed by atoms with Gasteiger partial charge in [-0.3, -0.25) is 9.59 Å². The van der Waals surface area contributed by atoms with Gasteiger partial charge in [-0.25, -0.2) is 0 Å². The third kappa shape index (κ3) is 3.22. The Labute approximate surface area is 114 Å². The van der Waals surface area contributed by atoms with E-state index >= 15 is 0 Å². The highest BCUT2D eigenvalue weighted by Gasteiger charge is 2.34. The zero-order valence-electron chi connectivity index (χ0n) is 11.6. The maximum atomic E-state index is 12.5. The second kappa shape index (κ2) is 6.00. The predicted molar refractivity (Wildman–Crippen MR) is 75.0 cm³/mol. The van der Waals surface area contributed by atoms with Crippen LogP contribution in [0.4, 0.5) is 0 Å². The number of ketones is 1. The number of likely N-dealkylation sites (tertiary alicyclic amines) is 1. The first-order valence-corrected chi connectivity index (χ1v) is 6.98. The van der Waals surface area contributed by atoms with E-state index in [2.05, 4.69) is 0 Å². The van der Waals surface area contributed by atoms with Gasteiger partial charge in [0.15, 0.2) is 5.78 Å². The standard InChI is InChI=1S/C16H21NO2/c1-12(2)11-15(18)17-10-6-9-14(17)16(19)13-7-4-3-5-8-13/h3-5,7-8,12,14H,6,9-11H2,1-2H3. The van der Waals surface area contributed by atoms with E-state index in [4.69, 9.17) is 0 Å². The Balaban J connectivity index is 2.11. The van der Waals surface area contributed by atoms with Crippen molar-refractivity contribution in [2.75, 3.05) is 6.54 Å². The highest BCUT2D eigenvalue weighted by molar-refractivity contribution is 6.02. The summed E-state index contributed by atoms with van der Waals surface area (Å²) >= 11 is 0. The van der Waals surface area contributed by atoms with E-state index in [1.165, 1.54) is 0 Å². The van der Waals surface area contributed by atoms with Gasteiger partial charge in [0.25, 0.3) is 0 Å². The molecule has 0 saturated carbocycles. The van der Waals surface area contributed by atoms with Gasteiger partial charge in [0.1, 0.15) is 0 Å². The summed E-state index contributed by atoms with van der Waals surface area (Å²) in [7, 11) is 0. The van der Waals surface area contributed by atoms with Crippen LogP contribution in [0.3, 0.4) is 0 Å². The first-order valence-electron chi connectivity index (χ1n) is 6.98. The summed E-state index contributed by atoms with van der Waals surface area (Å²) < 4.78 is 0. The van der Waals surface area contributed by atoms with Crippen LogP contribution < -0.4 is 0 Å². The Kier molecular flexibility index (Phi) is 4.35. The second-order valence-corrected chi connectivity index (χ2v) is 5.57. The number of Topliss-reactive ketones (excluding diaryl/α,β-unsaturated/α-hetero) is 1. The Morgan fingerprint density at radius 1 is 1.26 bits per heavy atom.